The number of ether oxygens (including phenoxy) is 3. The smallest absolute Gasteiger partial charge is 0.270 e. The first-order valence-electron chi connectivity index (χ1n) is 7.82. The van der Waals surface area contributed by atoms with Gasteiger partial charge in [-0.25, -0.2) is 0 Å². The standard InChI is InChI=1S/C18H18N2O7/c1-11(27-15-7-5-14(20(23)24)8-12(15)10-21)18(22)19-13-4-6-16(25-2)17(9-13)26-3/h4-11H,1-3H3,(H,19,22)/t11-/m1/s1. The second-order valence-electron chi connectivity index (χ2n) is 5.42. The number of methoxy groups -OCH3 is 2. The number of nitrogens with one attached hydrogen (secondary N) is 1. The van der Waals surface area contributed by atoms with Crippen molar-refractivity contribution in [3.63, 3.8) is 0 Å². The predicted octanol–water partition coefficient (Wildman–Crippen LogP) is 2.83. The first-order valence-corrected chi connectivity index (χ1v) is 7.82. The van der Waals surface area contributed by atoms with Crippen molar-refractivity contribution in [2.45, 2.75) is 13.0 Å². The molecule has 0 aliphatic heterocycles. The van der Waals surface area contributed by atoms with Gasteiger partial charge in [-0.3, -0.25) is 19.7 Å². The quantitative estimate of drug-likeness (QED) is 0.429. The van der Waals surface area contributed by atoms with Crippen LogP contribution in [0.2, 0.25) is 0 Å². The highest BCUT2D eigenvalue weighted by Crippen LogP contribution is 2.30. The number of anilines is 1. The number of nitrogens with zero attached hydrogens (tertiary/aromatic N) is 1. The van der Waals surface area contributed by atoms with E-state index in [0.29, 0.717) is 23.5 Å². The molecule has 0 radical (unpaired) electrons. The topological polar surface area (TPSA) is 117 Å². The molecule has 2 aromatic rings. The van der Waals surface area contributed by atoms with Gasteiger partial charge in [0.05, 0.1) is 24.7 Å². The Morgan fingerprint density at radius 2 is 1.78 bits per heavy atom. The van der Waals surface area contributed by atoms with Crippen LogP contribution < -0.4 is 19.5 Å². The summed E-state index contributed by atoms with van der Waals surface area (Å²) in [6.45, 7) is 1.49. The summed E-state index contributed by atoms with van der Waals surface area (Å²) in [6.07, 6.45) is -0.528. The number of nitro benzene ring substituents is 1. The maximum atomic E-state index is 12.3. The number of carbonyl (C=O) groups excluding carboxylic acids is 2. The van der Waals surface area contributed by atoms with Gasteiger partial charge in [0.25, 0.3) is 11.6 Å². The molecule has 0 heterocycles. The molecule has 0 unspecified atom stereocenters. The number of hydrogen-bond acceptors (Lipinski definition) is 7. The van der Waals surface area contributed by atoms with E-state index in [1.807, 2.05) is 0 Å². The number of aldehydes is 1. The van der Waals surface area contributed by atoms with Crippen LogP contribution in [-0.2, 0) is 4.79 Å². The van der Waals surface area contributed by atoms with Crippen LogP contribution in [0.25, 0.3) is 0 Å². The Morgan fingerprint density at radius 3 is 2.37 bits per heavy atom. The summed E-state index contributed by atoms with van der Waals surface area (Å²) >= 11 is 0. The fourth-order valence-corrected chi connectivity index (χ4v) is 2.25. The molecule has 0 saturated carbocycles. The number of carbonyl (C=O) groups is 2. The highest BCUT2D eigenvalue weighted by molar-refractivity contribution is 5.94. The summed E-state index contributed by atoms with van der Waals surface area (Å²) in [7, 11) is 2.98. The summed E-state index contributed by atoms with van der Waals surface area (Å²) in [5.41, 5.74) is 0.203. The zero-order valence-electron chi connectivity index (χ0n) is 14.9. The molecule has 9 nitrogen and oxygen atoms in total. The average molecular weight is 374 g/mol. The Morgan fingerprint density at radius 1 is 1.11 bits per heavy atom. The molecular weight excluding hydrogens is 356 g/mol. The van der Waals surface area contributed by atoms with Crippen LogP contribution in [0.15, 0.2) is 36.4 Å². The Kier molecular flexibility index (Phi) is 6.32. The highest BCUT2D eigenvalue weighted by atomic mass is 16.6. The van der Waals surface area contributed by atoms with Gasteiger partial charge in [0.2, 0.25) is 0 Å². The summed E-state index contributed by atoms with van der Waals surface area (Å²) in [6, 6.07) is 8.42. The molecule has 0 aliphatic carbocycles. The van der Waals surface area contributed by atoms with Gasteiger partial charge in [-0.05, 0) is 25.1 Å². The van der Waals surface area contributed by atoms with Crippen molar-refractivity contribution in [3.05, 3.63) is 52.1 Å². The van der Waals surface area contributed by atoms with Crippen molar-refractivity contribution >= 4 is 23.6 Å². The van der Waals surface area contributed by atoms with Crippen LogP contribution >= 0.6 is 0 Å². The molecule has 9 heteroatoms. The predicted molar refractivity (Wildman–Crippen MR) is 96.7 cm³/mol. The number of rotatable bonds is 8. The maximum Gasteiger partial charge on any atom is 0.270 e. The SMILES string of the molecule is COc1ccc(NC(=O)[C@@H](C)Oc2ccc([N+](=O)[O-])cc2C=O)cc1OC. The molecule has 0 aliphatic rings. The van der Waals surface area contributed by atoms with E-state index < -0.39 is 16.9 Å². The first-order chi connectivity index (χ1) is 12.9. The number of benzene rings is 2. The van der Waals surface area contributed by atoms with Crippen LogP contribution in [0.1, 0.15) is 17.3 Å². The minimum absolute atomic E-state index is 0.0185. The van der Waals surface area contributed by atoms with Crippen LogP contribution in [0.5, 0.6) is 17.2 Å². The fourth-order valence-electron chi connectivity index (χ4n) is 2.25. The third kappa shape index (κ3) is 4.72. The zero-order valence-corrected chi connectivity index (χ0v) is 14.9. The van der Waals surface area contributed by atoms with E-state index in [0.717, 1.165) is 6.07 Å². The summed E-state index contributed by atoms with van der Waals surface area (Å²) in [5.74, 6) is 0.562. The number of hydrogen-bond donors (Lipinski definition) is 1. The molecule has 142 valence electrons. The molecule has 2 rings (SSSR count). The molecule has 0 spiro atoms. The van der Waals surface area contributed by atoms with E-state index in [1.165, 1.54) is 33.3 Å². The van der Waals surface area contributed by atoms with Crippen LogP contribution in [0.3, 0.4) is 0 Å². The molecule has 27 heavy (non-hydrogen) atoms. The largest absolute Gasteiger partial charge is 0.493 e. The lowest BCUT2D eigenvalue weighted by Gasteiger charge is -2.16. The Hall–Kier alpha value is -3.62. The first kappa shape index (κ1) is 19.7. The fraction of sp³-hybridized carbons (Fsp3) is 0.222. The van der Waals surface area contributed by atoms with E-state index in [2.05, 4.69) is 5.32 Å². The second kappa shape index (κ2) is 8.65. The minimum Gasteiger partial charge on any atom is -0.493 e. The Labute approximate surface area is 155 Å². The van der Waals surface area contributed by atoms with Gasteiger partial charge in [-0.15, -0.1) is 0 Å². The molecule has 0 bridgehead atoms. The lowest BCUT2D eigenvalue weighted by atomic mass is 10.2. The minimum atomic E-state index is -0.960. The Bertz CT molecular complexity index is 867. The molecule has 0 aromatic heterocycles. The molecular formula is C18H18N2O7. The van der Waals surface area contributed by atoms with Gasteiger partial charge in [0, 0.05) is 23.9 Å². The van der Waals surface area contributed by atoms with Gasteiger partial charge in [-0.1, -0.05) is 0 Å². The highest BCUT2D eigenvalue weighted by Gasteiger charge is 2.19. The van der Waals surface area contributed by atoms with Crippen LogP contribution in [-0.4, -0.2) is 37.4 Å². The number of amides is 1. The van der Waals surface area contributed by atoms with Gasteiger partial charge in [-0.2, -0.15) is 0 Å². The van der Waals surface area contributed by atoms with Gasteiger partial charge in [0.15, 0.2) is 23.9 Å². The normalized spacial score (nSPS) is 11.2. The third-order valence-electron chi connectivity index (χ3n) is 3.66. The lowest BCUT2D eigenvalue weighted by molar-refractivity contribution is -0.384. The summed E-state index contributed by atoms with van der Waals surface area (Å²) in [5, 5.41) is 13.4. The maximum absolute atomic E-state index is 12.3. The van der Waals surface area contributed by atoms with Crippen molar-refractivity contribution in [1.29, 1.82) is 0 Å². The van der Waals surface area contributed by atoms with Crippen molar-refractivity contribution in [2.75, 3.05) is 19.5 Å². The molecule has 2 aromatic carbocycles. The molecule has 1 N–H and O–H groups in total. The van der Waals surface area contributed by atoms with Gasteiger partial charge < -0.3 is 19.5 Å². The number of non-ortho nitro benzene ring substituents is 1. The van der Waals surface area contributed by atoms with E-state index in [1.54, 1.807) is 18.2 Å². The van der Waals surface area contributed by atoms with Crippen molar-refractivity contribution < 1.29 is 28.7 Å². The molecule has 1 amide bonds. The monoisotopic (exact) mass is 374 g/mol. The van der Waals surface area contributed by atoms with Gasteiger partial charge in [0.1, 0.15) is 5.75 Å². The van der Waals surface area contributed by atoms with Crippen molar-refractivity contribution in [1.82, 2.24) is 0 Å². The van der Waals surface area contributed by atoms with Crippen molar-refractivity contribution in [2.24, 2.45) is 0 Å². The van der Waals surface area contributed by atoms with Crippen LogP contribution in [0.4, 0.5) is 11.4 Å². The van der Waals surface area contributed by atoms with E-state index in [-0.39, 0.29) is 17.0 Å². The van der Waals surface area contributed by atoms with E-state index in [4.69, 9.17) is 14.2 Å². The second-order valence-corrected chi connectivity index (χ2v) is 5.42. The van der Waals surface area contributed by atoms with Crippen LogP contribution in [0, 0.1) is 10.1 Å². The van der Waals surface area contributed by atoms with Crippen molar-refractivity contribution in [3.8, 4) is 17.2 Å². The van der Waals surface area contributed by atoms with E-state index >= 15 is 0 Å². The summed E-state index contributed by atoms with van der Waals surface area (Å²) in [4.78, 5) is 33.6. The summed E-state index contributed by atoms with van der Waals surface area (Å²) < 4.78 is 15.8. The lowest BCUT2D eigenvalue weighted by Crippen LogP contribution is -2.30. The van der Waals surface area contributed by atoms with E-state index in [9.17, 15) is 19.7 Å². The third-order valence-corrected chi connectivity index (χ3v) is 3.66. The molecule has 0 saturated heterocycles. The Balaban J connectivity index is 2.12. The van der Waals surface area contributed by atoms with Gasteiger partial charge >= 0.3 is 0 Å². The average Bonchev–Trinajstić information content (AvgIpc) is 2.67. The molecule has 1 atom stereocenters. The zero-order chi connectivity index (χ0) is 20.0. The number of nitro groups is 1. The molecule has 0 fully saturated rings.